The van der Waals surface area contributed by atoms with Crippen LogP contribution in [-0.2, 0) is 16.6 Å². The Bertz CT molecular complexity index is 438. The number of hydrogen-bond donors (Lipinski definition) is 1. The van der Waals surface area contributed by atoms with Gasteiger partial charge in [-0.15, -0.1) is 11.3 Å². The average Bonchev–Trinajstić information content (AvgIpc) is 3.00. The molecule has 0 aromatic carbocycles. The minimum atomic E-state index is -3.12. The van der Waals surface area contributed by atoms with Crippen molar-refractivity contribution in [3.63, 3.8) is 0 Å². The molecule has 6 heteroatoms. The quantitative estimate of drug-likeness (QED) is 0.814. The highest BCUT2D eigenvalue weighted by molar-refractivity contribution is 7.89. The maximum Gasteiger partial charge on any atom is 0.215 e. The van der Waals surface area contributed by atoms with Crippen LogP contribution < -0.4 is 5.32 Å². The van der Waals surface area contributed by atoms with Crippen molar-refractivity contribution in [2.75, 3.05) is 19.3 Å². The third-order valence-corrected chi connectivity index (χ3v) is 5.54. The minimum Gasteiger partial charge on any atom is -0.319 e. The van der Waals surface area contributed by atoms with Gasteiger partial charge in [-0.2, -0.15) is 4.31 Å². The highest BCUT2D eigenvalue weighted by Crippen LogP contribution is 2.31. The fraction of sp³-hybridized carbons (Fsp3) is 0.636. The van der Waals surface area contributed by atoms with Crippen LogP contribution in [0.3, 0.4) is 0 Å². The van der Waals surface area contributed by atoms with E-state index in [0.29, 0.717) is 13.1 Å². The summed E-state index contributed by atoms with van der Waals surface area (Å²) in [7, 11) is -1.35. The van der Waals surface area contributed by atoms with Crippen LogP contribution in [0.1, 0.15) is 17.7 Å². The molecule has 0 bridgehead atoms. The molecule has 1 heterocycles. The minimum absolute atomic E-state index is 0.186. The van der Waals surface area contributed by atoms with E-state index in [1.165, 1.54) is 0 Å². The van der Waals surface area contributed by atoms with Gasteiger partial charge in [0.05, 0.1) is 5.75 Å². The number of thiophene rings is 1. The first-order chi connectivity index (χ1) is 8.13. The number of hydrogen-bond acceptors (Lipinski definition) is 4. The smallest absolute Gasteiger partial charge is 0.215 e. The maximum absolute atomic E-state index is 12.2. The highest BCUT2D eigenvalue weighted by atomic mass is 32.2. The zero-order valence-corrected chi connectivity index (χ0v) is 11.6. The van der Waals surface area contributed by atoms with Crippen molar-refractivity contribution in [3.05, 3.63) is 22.4 Å². The van der Waals surface area contributed by atoms with Gasteiger partial charge in [0.2, 0.25) is 10.0 Å². The predicted octanol–water partition coefficient (Wildman–Crippen LogP) is 1.26. The number of nitrogens with one attached hydrogen (secondary N) is 1. The second-order valence-corrected chi connectivity index (χ2v) is 7.35. The zero-order valence-electron chi connectivity index (χ0n) is 9.93. The summed E-state index contributed by atoms with van der Waals surface area (Å²) in [6, 6.07) is 4.19. The number of nitrogens with zero attached hydrogens (tertiary/aromatic N) is 1. The molecule has 1 aromatic heterocycles. The summed E-state index contributed by atoms with van der Waals surface area (Å²) >= 11 is 1.61. The molecular weight excluding hydrogens is 256 g/mol. The number of rotatable bonds is 7. The Morgan fingerprint density at radius 2 is 2.29 bits per heavy atom. The Kier molecular flexibility index (Phi) is 4.19. The summed E-state index contributed by atoms with van der Waals surface area (Å²) in [5.41, 5.74) is 0. The van der Waals surface area contributed by atoms with Gasteiger partial charge in [0, 0.05) is 24.0 Å². The Labute approximate surface area is 107 Å². The van der Waals surface area contributed by atoms with Crippen molar-refractivity contribution in [3.8, 4) is 0 Å². The Morgan fingerprint density at radius 3 is 2.82 bits per heavy atom. The van der Waals surface area contributed by atoms with E-state index in [1.54, 1.807) is 22.7 Å². The monoisotopic (exact) mass is 274 g/mol. The molecule has 0 radical (unpaired) electrons. The largest absolute Gasteiger partial charge is 0.319 e. The third-order valence-electron chi connectivity index (χ3n) is 2.81. The van der Waals surface area contributed by atoms with Gasteiger partial charge in [-0.25, -0.2) is 8.42 Å². The Balaban J connectivity index is 2.06. The van der Waals surface area contributed by atoms with E-state index in [2.05, 4.69) is 5.32 Å². The van der Waals surface area contributed by atoms with Gasteiger partial charge in [-0.3, -0.25) is 0 Å². The summed E-state index contributed by atoms with van der Waals surface area (Å²) in [6.07, 6.45) is 2.01. The highest BCUT2D eigenvalue weighted by Gasteiger charge is 2.36. The molecule has 1 N–H and O–H groups in total. The maximum atomic E-state index is 12.2. The van der Waals surface area contributed by atoms with Crippen molar-refractivity contribution >= 4 is 21.4 Å². The normalized spacial score (nSPS) is 16.6. The zero-order chi connectivity index (χ0) is 12.3. The van der Waals surface area contributed by atoms with E-state index in [-0.39, 0.29) is 11.8 Å². The molecule has 0 saturated heterocycles. The van der Waals surface area contributed by atoms with Crippen LogP contribution in [0.25, 0.3) is 0 Å². The van der Waals surface area contributed by atoms with Crippen molar-refractivity contribution in [2.45, 2.75) is 25.4 Å². The number of sulfonamides is 1. The van der Waals surface area contributed by atoms with E-state index >= 15 is 0 Å². The standard InChI is InChI=1S/C11H18N2O2S2/c1-12-6-8-17(14,15)13(10-4-5-10)9-11-3-2-7-16-11/h2-3,7,10,12H,4-6,8-9H2,1H3. The van der Waals surface area contributed by atoms with Crippen molar-refractivity contribution < 1.29 is 8.42 Å². The van der Waals surface area contributed by atoms with Crippen LogP contribution in [0.2, 0.25) is 0 Å². The average molecular weight is 274 g/mol. The molecule has 1 saturated carbocycles. The van der Waals surface area contributed by atoms with Crippen LogP contribution >= 0.6 is 11.3 Å². The van der Waals surface area contributed by atoms with E-state index < -0.39 is 10.0 Å². The van der Waals surface area contributed by atoms with Crippen molar-refractivity contribution in [1.29, 1.82) is 0 Å². The van der Waals surface area contributed by atoms with Crippen molar-refractivity contribution in [2.24, 2.45) is 0 Å². The van der Waals surface area contributed by atoms with Gasteiger partial charge in [-0.1, -0.05) is 6.07 Å². The summed E-state index contributed by atoms with van der Waals surface area (Å²) in [5, 5.41) is 4.88. The third kappa shape index (κ3) is 3.51. The molecule has 0 spiro atoms. The van der Waals surface area contributed by atoms with Crippen LogP contribution in [0, 0.1) is 0 Å². The van der Waals surface area contributed by atoms with Gasteiger partial charge >= 0.3 is 0 Å². The lowest BCUT2D eigenvalue weighted by atomic mass is 10.4. The first-order valence-corrected chi connectivity index (χ1v) is 8.29. The molecule has 4 nitrogen and oxygen atoms in total. The lowest BCUT2D eigenvalue weighted by molar-refractivity contribution is 0.401. The van der Waals surface area contributed by atoms with E-state index in [0.717, 1.165) is 17.7 Å². The molecule has 2 rings (SSSR count). The SMILES string of the molecule is CNCCS(=O)(=O)N(Cc1cccs1)C1CC1. The van der Waals surface area contributed by atoms with Gasteiger partial charge in [-0.05, 0) is 31.3 Å². The van der Waals surface area contributed by atoms with Crippen LogP contribution in [0.4, 0.5) is 0 Å². The molecule has 1 aromatic rings. The summed E-state index contributed by atoms with van der Waals surface area (Å²) in [5.74, 6) is 0.186. The molecule has 1 aliphatic carbocycles. The lowest BCUT2D eigenvalue weighted by Gasteiger charge is -2.21. The second-order valence-electron chi connectivity index (χ2n) is 4.28. The first kappa shape index (κ1) is 13.0. The topological polar surface area (TPSA) is 49.4 Å². The Morgan fingerprint density at radius 1 is 1.53 bits per heavy atom. The van der Waals surface area contributed by atoms with Gasteiger partial charge in [0.1, 0.15) is 0 Å². The van der Waals surface area contributed by atoms with E-state index in [9.17, 15) is 8.42 Å². The fourth-order valence-corrected chi connectivity index (χ4v) is 4.20. The van der Waals surface area contributed by atoms with Gasteiger partial charge in [0.25, 0.3) is 0 Å². The molecular formula is C11H18N2O2S2. The van der Waals surface area contributed by atoms with E-state index in [4.69, 9.17) is 0 Å². The van der Waals surface area contributed by atoms with Gasteiger partial charge in [0.15, 0.2) is 0 Å². The molecule has 96 valence electrons. The fourth-order valence-electron chi connectivity index (χ4n) is 1.72. The molecule has 0 amide bonds. The van der Waals surface area contributed by atoms with Crippen molar-refractivity contribution in [1.82, 2.24) is 9.62 Å². The summed E-state index contributed by atoms with van der Waals surface area (Å²) < 4.78 is 26.1. The van der Waals surface area contributed by atoms with E-state index in [1.807, 2.05) is 17.5 Å². The molecule has 17 heavy (non-hydrogen) atoms. The molecule has 0 atom stereocenters. The second kappa shape index (κ2) is 5.48. The summed E-state index contributed by atoms with van der Waals surface area (Å²) in [4.78, 5) is 1.12. The van der Waals surface area contributed by atoms with Gasteiger partial charge < -0.3 is 5.32 Å². The van der Waals surface area contributed by atoms with Crippen LogP contribution in [0.5, 0.6) is 0 Å². The predicted molar refractivity (Wildman–Crippen MR) is 70.6 cm³/mol. The lowest BCUT2D eigenvalue weighted by Crippen LogP contribution is -2.36. The molecule has 0 unspecified atom stereocenters. The first-order valence-electron chi connectivity index (χ1n) is 5.80. The molecule has 1 aliphatic rings. The Hall–Kier alpha value is -0.430. The molecule has 1 fully saturated rings. The van der Waals surface area contributed by atoms with Crippen LogP contribution in [-0.4, -0.2) is 38.1 Å². The molecule has 0 aliphatic heterocycles. The summed E-state index contributed by atoms with van der Waals surface area (Å²) in [6.45, 7) is 1.05. The van der Waals surface area contributed by atoms with Crippen LogP contribution in [0.15, 0.2) is 17.5 Å².